The lowest BCUT2D eigenvalue weighted by Gasteiger charge is -2.38. The van der Waals surface area contributed by atoms with E-state index in [1.807, 2.05) is 26.0 Å². The van der Waals surface area contributed by atoms with Crippen molar-refractivity contribution in [1.82, 2.24) is 4.90 Å². The van der Waals surface area contributed by atoms with Crippen LogP contribution in [0.4, 0.5) is 0 Å². The number of aliphatic carboxylic acids is 1. The molecule has 1 aliphatic heterocycles. The second-order valence-electron chi connectivity index (χ2n) is 6.34. The monoisotopic (exact) mass is 279 g/mol. The van der Waals surface area contributed by atoms with Crippen LogP contribution in [0.15, 0.2) is 12.2 Å². The van der Waals surface area contributed by atoms with Crippen molar-refractivity contribution in [1.29, 1.82) is 0 Å². The van der Waals surface area contributed by atoms with E-state index in [1.54, 1.807) is 4.90 Å². The lowest BCUT2D eigenvalue weighted by Crippen LogP contribution is -2.52. The Morgan fingerprint density at radius 1 is 1.10 bits per heavy atom. The topological polar surface area (TPSA) is 66.8 Å². The number of carboxylic acids is 1. The molecule has 20 heavy (non-hydrogen) atoms. The summed E-state index contributed by atoms with van der Waals surface area (Å²) in [6.07, 6.45) is 4.83. The van der Waals surface area contributed by atoms with Gasteiger partial charge in [-0.05, 0) is 32.1 Å². The summed E-state index contributed by atoms with van der Waals surface area (Å²) >= 11 is 0. The molecule has 2 aliphatic carbocycles. The van der Waals surface area contributed by atoms with Gasteiger partial charge in [-0.15, -0.1) is 0 Å². The number of carboxylic acid groups (broad SMARTS) is 1. The Morgan fingerprint density at radius 2 is 1.65 bits per heavy atom. The van der Waals surface area contributed by atoms with E-state index in [2.05, 4.69) is 0 Å². The molecule has 1 saturated carbocycles. The summed E-state index contributed by atoms with van der Waals surface area (Å²) in [5.74, 6) is -1.65. The Bertz CT molecular complexity index is 451. The number of carbonyl (C=O) groups excluding carboxylic acids is 1. The van der Waals surface area contributed by atoms with Crippen LogP contribution in [0.25, 0.3) is 0 Å². The highest BCUT2D eigenvalue weighted by atomic mass is 16.5. The summed E-state index contributed by atoms with van der Waals surface area (Å²) in [4.78, 5) is 26.1. The van der Waals surface area contributed by atoms with Crippen molar-refractivity contribution in [3.05, 3.63) is 12.2 Å². The Labute approximate surface area is 118 Å². The maximum atomic E-state index is 12.8. The van der Waals surface area contributed by atoms with Crippen LogP contribution >= 0.6 is 0 Å². The Hall–Kier alpha value is -1.36. The molecular formula is C15H21NO4. The number of hydrogen-bond donors (Lipinski definition) is 1. The molecule has 0 aromatic heterocycles. The first kappa shape index (κ1) is 13.6. The van der Waals surface area contributed by atoms with E-state index in [-0.39, 0.29) is 35.9 Å². The van der Waals surface area contributed by atoms with Gasteiger partial charge < -0.3 is 14.7 Å². The maximum Gasteiger partial charge on any atom is 0.307 e. The molecule has 1 N–H and O–H groups in total. The van der Waals surface area contributed by atoms with Gasteiger partial charge in [-0.2, -0.15) is 0 Å². The zero-order chi connectivity index (χ0) is 14.4. The summed E-state index contributed by atoms with van der Waals surface area (Å²) in [6, 6.07) is 0. The van der Waals surface area contributed by atoms with Crippen LogP contribution in [0.3, 0.4) is 0 Å². The molecule has 0 spiro atoms. The van der Waals surface area contributed by atoms with Gasteiger partial charge in [0.2, 0.25) is 5.91 Å². The molecule has 5 heteroatoms. The number of hydrogen-bond acceptors (Lipinski definition) is 3. The number of amides is 1. The van der Waals surface area contributed by atoms with E-state index in [1.165, 1.54) is 0 Å². The zero-order valence-corrected chi connectivity index (χ0v) is 11.9. The van der Waals surface area contributed by atoms with Crippen molar-refractivity contribution < 1.29 is 19.4 Å². The molecule has 1 saturated heterocycles. The fraction of sp³-hybridized carbons (Fsp3) is 0.733. The number of carbonyl (C=O) groups is 2. The van der Waals surface area contributed by atoms with Crippen molar-refractivity contribution in [2.24, 2.45) is 23.7 Å². The van der Waals surface area contributed by atoms with E-state index in [0.717, 1.165) is 6.42 Å². The van der Waals surface area contributed by atoms with Gasteiger partial charge in [0.15, 0.2) is 0 Å². The van der Waals surface area contributed by atoms with Crippen LogP contribution in [-0.2, 0) is 14.3 Å². The van der Waals surface area contributed by atoms with Gasteiger partial charge in [0.05, 0.1) is 24.0 Å². The van der Waals surface area contributed by atoms with Crippen LogP contribution in [0.2, 0.25) is 0 Å². The van der Waals surface area contributed by atoms with Gasteiger partial charge in [0.25, 0.3) is 0 Å². The average Bonchev–Trinajstić information content (AvgIpc) is 2.96. The Morgan fingerprint density at radius 3 is 2.20 bits per heavy atom. The smallest absolute Gasteiger partial charge is 0.307 e. The minimum Gasteiger partial charge on any atom is -0.481 e. The molecule has 6 atom stereocenters. The van der Waals surface area contributed by atoms with Crippen molar-refractivity contribution in [2.75, 3.05) is 13.1 Å². The normalized spacial score (nSPS) is 43.0. The maximum absolute atomic E-state index is 12.8. The molecule has 6 unspecified atom stereocenters. The first-order chi connectivity index (χ1) is 9.47. The first-order valence-corrected chi connectivity index (χ1v) is 7.32. The van der Waals surface area contributed by atoms with Crippen LogP contribution in [0.5, 0.6) is 0 Å². The molecule has 1 heterocycles. The molecule has 0 aromatic rings. The van der Waals surface area contributed by atoms with Crippen molar-refractivity contribution >= 4 is 11.9 Å². The summed E-state index contributed by atoms with van der Waals surface area (Å²) in [6.45, 7) is 5.02. The number of allylic oxidation sites excluding steroid dienone is 2. The van der Waals surface area contributed by atoms with Crippen molar-refractivity contribution in [3.8, 4) is 0 Å². The highest BCUT2D eigenvalue weighted by Gasteiger charge is 2.52. The summed E-state index contributed by atoms with van der Waals surface area (Å²) < 4.78 is 5.64. The number of morpholine rings is 1. The van der Waals surface area contributed by atoms with Gasteiger partial charge in [-0.1, -0.05) is 12.2 Å². The highest BCUT2D eigenvalue weighted by Crippen LogP contribution is 2.48. The minimum absolute atomic E-state index is 0.00347. The molecule has 3 aliphatic rings. The van der Waals surface area contributed by atoms with Gasteiger partial charge >= 0.3 is 5.97 Å². The van der Waals surface area contributed by atoms with Crippen LogP contribution in [0, 0.1) is 23.7 Å². The summed E-state index contributed by atoms with van der Waals surface area (Å²) in [7, 11) is 0. The van der Waals surface area contributed by atoms with E-state index in [0.29, 0.717) is 13.1 Å². The molecule has 3 rings (SSSR count). The average molecular weight is 279 g/mol. The lowest BCUT2D eigenvalue weighted by molar-refractivity contribution is -0.156. The molecular weight excluding hydrogens is 258 g/mol. The van der Waals surface area contributed by atoms with Gasteiger partial charge in [0.1, 0.15) is 0 Å². The van der Waals surface area contributed by atoms with Crippen molar-refractivity contribution in [2.45, 2.75) is 32.5 Å². The number of rotatable bonds is 2. The second-order valence-corrected chi connectivity index (χ2v) is 6.34. The fourth-order valence-corrected chi connectivity index (χ4v) is 4.06. The van der Waals surface area contributed by atoms with Crippen LogP contribution in [-0.4, -0.2) is 47.2 Å². The Balaban J connectivity index is 1.79. The molecule has 2 bridgehead atoms. The number of nitrogens with zero attached hydrogens (tertiary/aromatic N) is 1. The highest BCUT2D eigenvalue weighted by molar-refractivity contribution is 5.87. The van der Waals surface area contributed by atoms with Gasteiger partial charge in [-0.25, -0.2) is 0 Å². The zero-order valence-electron chi connectivity index (χ0n) is 11.9. The van der Waals surface area contributed by atoms with Crippen molar-refractivity contribution in [3.63, 3.8) is 0 Å². The standard InChI is InChI=1S/C15H21NO4/c1-8-6-16(7-9(2)20-8)14(17)12-10-3-4-11(5-10)13(12)15(18)19/h3-4,8-13H,5-7H2,1-2H3,(H,18,19). The molecule has 0 radical (unpaired) electrons. The van der Waals surface area contributed by atoms with E-state index < -0.39 is 11.9 Å². The molecule has 0 aromatic carbocycles. The summed E-state index contributed by atoms with van der Waals surface area (Å²) in [5.41, 5.74) is 0. The summed E-state index contributed by atoms with van der Waals surface area (Å²) in [5, 5.41) is 9.43. The number of fused-ring (bicyclic) bond motifs is 2. The molecule has 1 amide bonds. The fourth-order valence-electron chi connectivity index (χ4n) is 4.06. The largest absolute Gasteiger partial charge is 0.481 e. The van der Waals surface area contributed by atoms with E-state index in [4.69, 9.17) is 4.74 Å². The SMILES string of the molecule is CC1CN(C(=O)C2C3C=CC(C3)C2C(=O)O)CC(C)O1. The molecule has 5 nitrogen and oxygen atoms in total. The number of ether oxygens (including phenoxy) is 1. The molecule has 2 fully saturated rings. The van der Waals surface area contributed by atoms with Gasteiger partial charge in [-0.3, -0.25) is 9.59 Å². The van der Waals surface area contributed by atoms with E-state index in [9.17, 15) is 14.7 Å². The van der Waals surface area contributed by atoms with E-state index >= 15 is 0 Å². The van der Waals surface area contributed by atoms with Gasteiger partial charge in [0, 0.05) is 13.1 Å². The van der Waals surface area contributed by atoms with Crippen LogP contribution in [0.1, 0.15) is 20.3 Å². The second kappa shape index (κ2) is 4.88. The Kier molecular flexibility index (Phi) is 3.32. The third-order valence-corrected chi connectivity index (χ3v) is 4.76. The first-order valence-electron chi connectivity index (χ1n) is 7.32. The van der Waals surface area contributed by atoms with Crippen LogP contribution < -0.4 is 0 Å². The third kappa shape index (κ3) is 2.14. The molecule has 110 valence electrons. The minimum atomic E-state index is -0.838. The predicted molar refractivity (Wildman–Crippen MR) is 71.9 cm³/mol. The quantitative estimate of drug-likeness (QED) is 0.770. The predicted octanol–water partition coefficient (Wildman–Crippen LogP) is 1.15. The third-order valence-electron chi connectivity index (χ3n) is 4.76. The lowest BCUT2D eigenvalue weighted by atomic mass is 9.82.